The zero-order chi connectivity index (χ0) is 17.2. The van der Waals surface area contributed by atoms with E-state index in [-0.39, 0.29) is 5.50 Å². The molecule has 0 fully saturated rings. The molecule has 2 heterocycles. The number of ether oxygens (including phenoxy) is 1. The summed E-state index contributed by atoms with van der Waals surface area (Å²) in [5, 5.41) is 3.57. The number of nitrogens with zero attached hydrogens (tertiary/aromatic N) is 2. The number of hydrogen-bond acceptors (Lipinski definition) is 5. The van der Waals surface area contributed by atoms with Crippen LogP contribution in [0.4, 0.5) is 0 Å². The Morgan fingerprint density at radius 2 is 1.83 bits per heavy atom. The van der Waals surface area contributed by atoms with Gasteiger partial charge in [-0.25, -0.2) is 0 Å². The highest BCUT2D eigenvalue weighted by Crippen LogP contribution is 2.27. The summed E-state index contributed by atoms with van der Waals surface area (Å²) in [5.41, 5.74) is 3.75. The number of thioether (sulfide) groups is 1. The van der Waals surface area contributed by atoms with Crippen LogP contribution < -0.4 is 5.32 Å². The Labute approximate surface area is 148 Å². The monoisotopic (exact) mass is 343 g/mol. The third kappa shape index (κ3) is 5.01. The Morgan fingerprint density at radius 1 is 1.12 bits per heavy atom. The lowest BCUT2D eigenvalue weighted by Gasteiger charge is -2.24. The number of hydrogen-bond donors (Lipinski definition) is 1. The van der Waals surface area contributed by atoms with Crippen LogP contribution in [0.15, 0.2) is 61.1 Å². The molecule has 0 saturated carbocycles. The number of aromatic nitrogens is 1. The summed E-state index contributed by atoms with van der Waals surface area (Å²) in [6, 6.07) is 14.5. The highest BCUT2D eigenvalue weighted by atomic mass is 32.2. The van der Waals surface area contributed by atoms with Gasteiger partial charge >= 0.3 is 0 Å². The summed E-state index contributed by atoms with van der Waals surface area (Å²) in [6.45, 7) is 4.84. The lowest BCUT2D eigenvalue weighted by Crippen LogP contribution is -2.33. The lowest BCUT2D eigenvalue weighted by atomic mass is 10.2. The van der Waals surface area contributed by atoms with Crippen molar-refractivity contribution < 1.29 is 4.74 Å². The summed E-state index contributed by atoms with van der Waals surface area (Å²) in [7, 11) is 1.72. The van der Waals surface area contributed by atoms with Crippen LogP contribution in [0, 0.1) is 0 Å². The molecular weight excluding hydrogens is 318 g/mol. The van der Waals surface area contributed by atoms with Crippen molar-refractivity contribution in [3.8, 4) is 0 Å². The minimum Gasteiger partial charge on any atom is -0.374 e. The average Bonchev–Trinajstić information content (AvgIpc) is 3.06. The summed E-state index contributed by atoms with van der Waals surface area (Å²) >= 11 is 1.73. The fraction of sp³-hybridized carbons (Fsp3) is 0.316. The first-order chi connectivity index (χ1) is 11.9. The number of methoxy groups -OCH3 is 1. The quantitative estimate of drug-likeness (QED) is 0.798. The van der Waals surface area contributed by atoms with Gasteiger partial charge in [-0.15, -0.1) is 0 Å². The van der Waals surface area contributed by atoms with Crippen molar-refractivity contribution in [2.24, 2.45) is 0 Å². The third-order valence-corrected chi connectivity index (χ3v) is 4.49. The number of pyridine rings is 1. The van der Waals surface area contributed by atoms with Gasteiger partial charge in [0.1, 0.15) is 5.50 Å². The molecule has 1 aromatic heterocycles. The van der Waals surface area contributed by atoms with Crippen LogP contribution in [0.3, 0.4) is 0 Å². The SMILES string of the molecule is CC.COCSC1NC(c2ccccc2)=CN1Cc1ccncc1. The van der Waals surface area contributed by atoms with Crippen LogP contribution in [0.25, 0.3) is 5.70 Å². The molecule has 2 aromatic rings. The van der Waals surface area contributed by atoms with Crippen LogP contribution in [0.1, 0.15) is 25.0 Å². The minimum absolute atomic E-state index is 0.170. The van der Waals surface area contributed by atoms with Crippen molar-refractivity contribution in [2.75, 3.05) is 13.0 Å². The van der Waals surface area contributed by atoms with Gasteiger partial charge in [0.2, 0.25) is 0 Å². The molecule has 128 valence electrons. The molecule has 0 spiro atoms. The van der Waals surface area contributed by atoms with Crippen molar-refractivity contribution in [1.82, 2.24) is 15.2 Å². The molecule has 5 heteroatoms. The van der Waals surface area contributed by atoms with Crippen LogP contribution in [-0.2, 0) is 11.3 Å². The van der Waals surface area contributed by atoms with Gasteiger partial charge in [-0.3, -0.25) is 4.98 Å². The maximum atomic E-state index is 5.21. The fourth-order valence-electron chi connectivity index (χ4n) is 2.36. The largest absolute Gasteiger partial charge is 0.374 e. The van der Waals surface area contributed by atoms with E-state index in [1.54, 1.807) is 18.9 Å². The number of rotatable bonds is 6. The Balaban J connectivity index is 0.00000100. The van der Waals surface area contributed by atoms with Crippen LogP contribution in [0.2, 0.25) is 0 Å². The molecular formula is C19H25N3OS. The second kappa shape index (κ2) is 10.0. The zero-order valence-corrected chi connectivity index (χ0v) is 15.3. The van der Waals surface area contributed by atoms with Crippen molar-refractivity contribution in [3.63, 3.8) is 0 Å². The molecule has 1 unspecified atom stereocenters. The average molecular weight is 343 g/mol. The van der Waals surface area contributed by atoms with Gasteiger partial charge < -0.3 is 15.0 Å². The van der Waals surface area contributed by atoms with E-state index in [4.69, 9.17) is 4.74 Å². The zero-order valence-electron chi connectivity index (χ0n) is 14.5. The maximum Gasteiger partial charge on any atom is 0.150 e. The van der Waals surface area contributed by atoms with Gasteiger partial charge in [0.15, 0.2) is 0 Å². The van der Waals surface area contributed by atoms with Crippen molar-refractivity contribution in [3.05, 3.63) is 72.2 Å². The van der Waals surface area contributed by atoms with Crippen molar-refractivity contribution >= 4 is 17.5 Å². The van der Waals surface area contributed by atoms with E-state index in [2.05, 4.69) is 45.7 Å². The molecule has 1 aliphatic rings. The first-order valence-electron chi connectivity index (χ1n) is 8.16. The smallest absolute Gasteiger partial charge is 0.150 e. The summed E-state index contributed by atoms with van der Waals surface area (Å²) in [4.78, 5) is 6.37. The molecule has 0 amide bonds. The van der Waals surface area contributed by atoms with Crippen molar-refractivity contribution in [2.45, 2.75) is 25.9 Å². The predicted octanol–water partition coefficient (Wildman–Crippen LogP) is 4.13. The van der Waals surface area contributed by atoms with Gasteiger partial charge in [0, 0.05) is 32.2 Å². The van der Waals surface area contributed by atoms with E-state index < -0.39 is 0 Å². The third-order valence-electron chi connectivity index (χ3n) is 3.42. The summed E-state index contributed by atoms with van der Waals surface area (Å²) < 4.78 is 5.21. The van der Waals surface area contributed by atoms with Gasteiger partial charge in [-0.2, -0.15) is 0 Å². The second-order valence-corrected chi connectivity index (χ2v) is 6.02. The van der Waals surface area contributed by atoms with E-state index in [1.807, 2.05) is 44.4 Å². The van der Waals surface area contributed by atoms with Crippen LogP contribution in [0.5, 0.6) is 0 Å². The van der Waals surface area contributed by atoms with Crippen molar-refractivity contribution in [1.29, 1.82) is 0 Å². The molecule has 0 aliphatic carbocycles. The fourth-order valence-corrected chi connectivity index (χ4v) is 3.16. The Hall–Kier alpha value is -1.98. The molecule has 1 aliphatic heterocycles. The standard InChI is InChI=1S/C17H19N3OS.C2H6/c1-21-13-22-17-19-16(15-5-3-2-4-6-15)12-20(17)11-14-7-9-18-10-8-14;1-2/h2-10,12,17,19H,11,13H2,1H3;1-2H3. The van der Waals surface area contributed by atoms with Crippen LogP contribution in [-0.4, -0.2) is 28.4 Å². The first kappa shape index (κ1) is 18.4. The number of nitrogens with one attached hydrogen (secondary N) is 1. The first-order valence-corrected chi connectivity index (χ1v) is 9.20. The van der Waals surface area contributed by atoms with Gasteiger partial charge in [0.25, 0.3) is 0 Å². The molecule has 0 radical (unpaired) electrons. The minimum atomic E-state index is 0.170. The molecule has 0 saturated heterocycles. The molecule has 1 atom stereocenters. The molecule has 3 rings (SSSR count). The molecule has 0 bridgehead atoms. The van der Waals surface area contributed by atoms with E-state index in [0.29, 0.717) is 5.94 Å². The predicted molar refractivity (Wildman–Crippen MR) is 102 cm³/mol. The molecule has 1 N–H and O–H groups in total. The van der Waals surface area contributed by atoms with E-state index in [9.17, 15) is 0 Å². The Bertz CT molecular complexity index is 619. The Kier molecular flexibility index (Phi) is 7.65. The van der Waals surface area contributed by atoms with E-state index in [0.717, 1.165) is 12.2 Å². The topological polar surface area (TPSA) is 37.4 Å². The number of benzene rings is 1. The second-order valence-electron chi connectivity index (χ2n) is 5.01. The maximum absolute atomic E-state index is 5.21. The normalized spacial score (nSPS) is 16.0. The van der Waals surface area contributed by atoms with E-state index in [1.165, 1.54) is 11.1 Å². The molecule has 24 heavy (non-hydrogen) atoms. The summed E-state index contributed by atoms with van der Waals surface area (Å²) in [6.07, 6.45) is 5.85. The van der Waals surface area contributed by atoms with Crippen LogP contribution >= 0.6 is 11.8 Å². The van der Waals surface area contributed by atoms with Gasteiger partial charge in [-0.1, -0.05) is 55.9 Å². The molecule has 1 aromatic carbocycles. The molecule has 4 nitrogen and oxygen atoms in total. The highest BCUT2D eigenvalue weighted by Gasteiger charge is 2.24. The lowest BCUT2D eigenvalue weighted by molar-refractivity contribution is 0.255. The van der Waals surface area contributed by atoms with Gasteiger partial charge in [0.05, 0.1) is 11.6 Å². The van der Waals surface area contributed by atoms with Gasteiger partial charge in [-0.05, 0) is 23.3 Å². The Morgan fingerprint density at radius 3 is 2.50 bits per heavy atom. The van der Waals surface area contributed by atoms with E-state index >= 15 is 0 Å². The highest BCUT2D eigenvalue weighted by molar-refractivity contribution is 7.99. The summed E-state index contributed by atoms with van der Waals surface area (Å²) in [5.74, 6) is 0.653.